The predicted molar refractivity (Wildman–Crippen MR) is 83.1 cm³/mol. The molecule has 1 aromatic carbocycles. The summed E-state index contributed by atoms with van der Waals surface area (Å²) in [6.45, 7) is 4.19. The summed E-state index contributed by atoms with van der Waals surface area (Å²) in [5.41, 5.74) is 1.99. The van der Waals surface area contributed by atoms with Gasteiger partial charge in [0.2, 0.25) is 0 Å². The van der Waals surface area contributed by atoms with Crippen molar-refractivity contribution in [3.05, 3.63) is 34.4 Å². The molecular weight excluding hydrogens is 318 g/mol. The van der Waals surface area contributed by atoms with Gasteiger partial charge in [-0.1, -0.05) is 12.1 Å². The number of para-hydroxylation sites is 1. The summed E-state index contributed by atoms with van der Waals surface area (Å²) < 4.78 is 6.92. The molecule has 0 aliphatic carbocycles. The molecule has 3 rings (SSSR count). The van der Waals surface area contributed by atoms with Gasteiger partial charge in [0.25, 0.3) is 0 Å². The van der Waals surface area contributed by atoms with Gasteiger partial charge in [0, 0.05) is 19.7 Å². The Kier molecular flexibility index (Phi) is 3.17. The highest BCUT2D eigenvalue weighted by Crippen LogP contribution is 2.41. The van der Waals surface area contributed by atoms with E-state index in [1.165, 1.54) is 5.56 Å². The molecule has 0 saturated carbocycles. The maximum atomic E-state index is 6.07. The lowest BCUT2D eigenvalue weighted by molar-refractivity contribution is 0.139. The smallest absolute Gasteiger partial charge is 0.165 e. The van der Waals surface area contributed by atoms with Gasteiger partial charge in [0.05, 0.1) is 10.0 Å². The van der Waals surface area contributed by atoms with E-state index in [2.05, 4.69) is 51.1 Å². The number of rotatable bonds is 2. The molecule has 5 heteroatoms. The molecule has 0 saturated heterocycles. The third kappa shape index (κ3) is 2.26. The number of halogens is 1. The second-order valence-corrected chi connectivity index (χ2v) is 6.33. The quantitative estimate of drug-likeness (QED) is 0.910. The standard InChI is InChI=1S/C15H16BrN3O/c1-15(2)7-9-5-4-6-10(12(9)20-15)13-18-8-11(16)14(17-3)19-13/h4-6,8H,7H2,1-3H3,(H,17,18,19). The van der Waals surface area contributed by atoms with Crippen molar-refractivity contribution in [2.75, 3.05) is 12.4 Å². The van der Waals surface area contributed by atoms with Crippen molar-refractivity contribution in [1.82, 2.24) is 9.97 Å². The first-order valence-corrected chi connectivity index (χ1v) is 7.31. The number of ether oxygens (including phenoxy) is 1. The molecule has 0 bridgehead atoms. The molecular formula is C15H16BrN3O. The molecule has 104 valence electrons. The molecule has 1 aliphatic heterocycles. The summed E-state index contributed by atoms with van der Waals surface area (Å²) in [6.07, 6.45) is 2.67. The Morgan fingerprint density at radius 1 is 1.35 bits per heavy atom. The third-order valence-corrected chi connectivity index (χ3v) is 3.89. The molecule has 1 N–H and O–H groups in total. The molecule has 4 nitrogen and oxygen atoms in total. The molecule has 0 spiro atoms. The number of anilines is 1. The first kappa shape index (κ1) is 13.4. The van der Waals surface area contributed by atoms with Gasteiger partial charge in [-0.05, 0) is 41.4 Å². The van der Waals surface area contributed by atoms with E-state index in [9.17, 15) is 0 Å². The van der Waals surface area contributed by atoms with Crippen LogP contribution in [0.1, 0.15) is 19.4 Å². The predicted octanol–water partition coefficient (Wildman–Crippen LogP) is 3.66. The Hall–Kier alpha value is -1.62. The van der Waals surface area contributed by atoms with Crippen LogP contribution >= 0.6 is 15.9 Å². The van der Waals surface area contributed by atoms with Gasteiger partial charge in [-0.2, -0.15) is 0 Å². The van der Waals surface area contributed by atoms with E-state index in [0.29, 0.717) is 5.82 Å². The summed E-state index contributed by atoms with van der Waals surface area (Å²) in [4.78, 5) is 8.94. The molecule has 2 aromatic rings. The van der Waals surface area contributed by atoms with Gasteiger partial charge in [0.15, 0.2) is 5.82 Å². The summed E-state index contributed by atoms with van der Waals surface area (Å²) >= 11 is 3.42. The fraction of sp³-hybridized carbons (Fsp3) is 0.333. The van der Waals surface area contributed by atoms with Crippen molar-refractivity contribution >= 4 is 21.7 Å². The van der Waals surface area contributed by atoms with E-state index in [1.54, 1.807) is 6.20 Å². The van der Waals surface area contributed by atoms with Crippen LogP contribution in [0, 0.1) is 0 Å². The molecule has 1 aliphatic rings. The Balaban J connectivity index is 2.11. The number of hydrogen-bond acceptors (Lipinski definition) is 4. The van der Waals surface area contributed by atoms with Gasteiger partial charge in [-0.25, -0.2) is 9.97 Å². The van der Waals surface area contributed by atoms with E-state index < -0.39 is 0 Å². The number of nitrogens with zero attached hydrogens (tertiary/aromatic N) is 2. The van der Waals surface area contributed by atoms with Crippen molar-refractivity contribution < 1.29 is 4.74 Å². The van der Waals surface area contributed by atoms with Crippen LogP contribution in [0.4, 0.5) is 5.82 Å². The van der Waals surface area contributed by atoms with Gasteiger partial charge in [-0.15, -0.1) is 0 Å². The zero-order valence-electron chi connectivity index (χ0n) is 11.7. The van der Waals surface area contributed by atoms with Gasteiger partial charge < -0.3 is 10.1 Å². The topological polar surface area (TPSA) is 47.0 Å². The van der Waals surface area contributed by atoms with Crippen LogP contribution in [0.2, 0.25) is 0 Å². The van der Waals surface area contributed by atoms with Crippen LogP contribution in [-0.2, 0) is 6.42 Å². The SMILES string of the molecule is CNc1nc(-c2cccc3c2OC(C)(C)C3)ncc1Br. The van der Waals surface area contributed by atoms with Crippen LogP contribution in [0.15, 0.2) is 28.9 Å². The molecule has 0 unspecified atom stereocenters. The van der Waals surface area contributed by atoms with Crippen LogP contribution in [0.5, 0.6) is 5.75 Å². The van der Waals surface area contributed by atoms with E-state index in [0.717, 1.165) is 28.0 Å². The highest BCUT2D eigenvalue weighted by molar-refractivity contribution is 9.10. The van der Waals surface area contributed by atoms with Crippen LogP contribution in [0.3, 0.4) is 0 Å². The van der Waals surface area contributed by atoms with E-state index in [-0.39, 0.29) is 5.60 Å². The first-order valence-electron chi connectivity index (χ1n) is 6.52. The van der Waals surface area contributed by atoms with Crippen LogP contribution < -0.4 is 10.1 Å². The lowest BCUT2D eigenvalue weighted by Crippen LogP contribution is -2.24. The number of benzene rings is 1. The molecule has 0 atom stereocenters. The summed E-state index contributed by atoms with van der Waals surface area (Å²) in [6, 6.07) is 6.14. The fourth-order valence-electron chi connectivity index (χ4n) is 2.46. The Labute approximate surface area is 126 Å². The third-order valence-electron chi connectivity index (χ3n) is 3.31. The molecule has 0 radical (unpaired) electrons. The Morgan fingerprint density at radius 3 is 2.90 bits per heavy atom. The van der Waals surface area contributed by atoms with Gasteiger partial charge in [-0.3, -0.25) is 0 Å². The monoisotopic (exact) mass is 333 g/mol. The Morgan fingerprint density at radius 2 is 2.15 bits per heavy atom. The van der Waals surface area contributed by atoms with Crippen molar-refractivity contribution in [3.63, 3.8) is 0 Å². The molecule has 2 heterocycles. The van der Waals surface area contributed by atoms with Crippen molar-refractivity contribution in [2.24, 2.45) is 0 Å². The van der Waals surface area contributed by atoms with E-state index in [1.807, 2.05) is 19.2 Å². The zero-order valence-corrected chi connectivity index (χ0v) is 13.3. The zero-order chi connectivity index (χ0) is 14.3. The Bertz CT molecular complexity index is 670. The lowest BCUT2D eigenvalue weighted by atomic mass is 10.0. The fourth-order valence-corrected chi connectivity index (χ4v) is 2.85. The maximum Gasteiger partial charge on any atom is 0.165 e. The highest BCUT2D eigenvalue weighted by Gasteiger charge is 2.32. The van der Waals surface area contributed by atoms with Crippen molar-refractivity contribution in [3.8, 4) is 17.1 Å². The minimum Gasteiger partial charge on any atom is -0.486 e. The molecule has 0 amide bonds. The van der Waals surface area contributed by atoms with Gasteiger partial charge >= 0.3 is 0 Å². The van der Waals surface area contributed by atoms with Crippen molar-refractivity contribution in [2.45, 2.75) is 25.9 Å². The highest BCUT2D eigenvalue weighted by atomic mass is 79.9. The van der Waals surface area contributed by atoms with E-state index >= 15 is 0 Å². The van der Waals surface area contributed by atoms with E-state index in [4.69, 9.17) is 4.74 Å². The summed E-state index contributed by atoms with van der Waals surface area (Å²) in [7, 11) is 1.84. The second kappa shape index (κ2) is 4.74. The largest absolute Gasteiger partial charge is 0.486 e. The summed E-state index contributed by atoms with van der Waals surface area (Å²) in [5.74, 6) is 2.35. The minimum atomic E-state index is -0.167. The number of aromatic nitrogens is 2. The number of hydrogen-bond donors (Lipinski definition) is 1. The molecule has 0 fully saturated rings. The second-order valence-electron chi connectivity index (χ2n) is 5.47. The number of fused-ring (bicyclic) bond motifs is 1. The number of nitrogens with one attached hydrogen (secondary N) is 1. The lowest BCUT2D eigenvalue weighted by Gasteiger charge is -2.18. The average molecular weight is 334 g/mol. The molecule has 1 aromatic heterocycles. The average Bonchev–Trinajstić information content (AvgIpc) is 2.73. The first-order chi connectivity index (χ1) is 9.50. The van der Waals surface area contributed by atoms with Gasteiger partial charge in [0.1, 0.15) is 17.2 Å². The van der Waals surface area contributed by atoms with Crippen LogP contribution in [0.25, 0.3) is 11.4 Å². The minimum absolute atomic E-state index is 0.167. The van der Waals surface area contributed by atoms with Crippen molar-refractivity contribution in [1.29, 1.82) is 0 Å². The summed E-state index contributed by atoms with van der Waals surface area (Å²) in [5, 5.41) is 3.05. The molecule has 20 heavy (non-hydrogen) atoms. The van der Waals surface area contributed by atoms with Crippen LogP contribution in [-0.4, -0.2) is 22.6 Å². The maximum absolute atomic E-state index is 6.07. The normalized spacial score (nSPS) is 15.6.